The van der Waals surface area contributed by atoms with Crippen molar-refractivity contribution >= 4 is 34.6 Å². The topological polar surface area (TPSA) is 67.0 Å². The summed E-state index contributed by atoms with van der Waals surface area (Å²) in [6, 6.07) is 32.3. The molecule has 0 radical (unpaired) electrons. The van der Waals surface area contributed by atoms with Crippen molar-refractivity contribution in [3.63, 3.8) is 0 Å². The summed E-state index contributed by atoms with van der Waals surface area (Å²) < 4.78 is 6.04. The SMILES string of the molecule is O=C(Nc1cccc(Oc2ccc3c(/C=C/c4ccccc4)n[nH]c3c2)c1)c1ccccc1. The molecule has 0 aliphatic heterocycles. The first-order valence-corrected chi connectivity index (χ1v) is 10.6. The van der Waals surface area contributed by atoms with Crippen LogP contribution in [0.2, 0.25) is 0 Å². The van der Waals surface area contributed by atoms with E-state index in [1.54, 1.807) is 18.2 Å². The van der Waals surface area contributed by atoms with Gasteiger partial charge in [0, 0.05) is 28.8 Å². The average molecular weight is 431 g/mol. The minimum atomic E-state index is -0.164. The molecule has 33 heavy (non-hydrogen) atoms. The summed E-state index contributed by atoms with van der Waals surface area (Å²) in [6.07, 6.45) is 4.03. The van der Waals surface area contributed by atoms with Gasteiger partial charge in [0.05, 0.1) is 11.2 Å². The number of fused-ring (bicyclic) bond motifs is 1. The Morgan fingerprint density at radius 1 is 0.788 bits per heavy atom. The summed E-state index contributed by atoms with van der Waals surface area (Å²) >= 11 is 0. The van der Waals surface area contributed by atoms with Crippen LogP contribution < -0.4 is 10.1 Å². The normalized spacial score (nSPS) is 11.0. The smallest absolute Gasteiger partial charge is 0.255 e. The van der Waals surface area contributed by atoms with Gasteiger partial charge in [-0.3, -0.25) is 9.89 Å². The number of carbonyl (C=O) groups is 1. The lowest BCUT2D eigenvalue weighted by Crippen LogP contribution is -2.11. The van der Waals surface area contributed by atoms with Crippen LogP contribution >= 0.6 is 0 Å². The van der Waals surface area contributed by atoms with Gasteiger partial charge in [-0.25, -0.2) is 0 Å². The van der Waals surface area contributed by atoms with Crippen LogP contribution in [0, 0.1) is 0 Å². The first-order valence-electron chi connectivity index (χ1n) is 10.6. The second-order valence-electron chi connectivity index (χ2n) is 7.51. The van der Waals surface area contributed by atoms with Crippen molar-refractivity contribution in [3.8, 4) is 11.5 Å². The Labute approximate surface area is 191 Å². The minimum Gasteiger partial charge on any atom is -0.457 e. The molecule has 5 heteroatoms. The van der Waals surface area contributed by atoms with Gasteiger partial charge in [-0.15, -0.1) is 0 Å². The number of carbonyl (C=O) groups excluding carboxylic acids is 1. The first-order chi connectivity index (χ1) is 16.2. The van der Waals surface area contributed by atoms with Crippen LogP contribution in [0.3, 0.4) is 0 Å². The fraction of sp³-hybridized carbons (Fsp3) is 0. The third kappa shape index (κ3) is 4.83. The number of aromatic nitrogens is 2. The van der Waals surface area contributed by atoms with Crippen LogP contribution in [0.4, 0.5) is 5.69 Å². The first kappa shape index (κ1) is 20.3. The largest absolute Gasteiger partial charge is 0.457 e. The number of ether oxygens (including phenoxy) is 1. The van der Waals surface area contributed by atoms with Crippen molar-refractivity contribution in [2.24, 2.45) is 0 Å². The molecule has 2 N–H and O–H groups in total. The molecular formula is C28H21N3O2. The van der Waals surface area contributed by atoms with Crippen LogP contribution in [0.25, 0.3) is 23.1 Å². The van der Waals surface area contributed by atoms with Crippen LogP contribution in [-0.2, 0) is 0 Å². The van der Waals surface area contributed by atoms with Crippen LogP contribution in [0.5, 0.6) is 11.5 Å². The van der Waals surface area contributed by atoms with E-state index in [4.69, 9.17) is 4.74 Å². The minimum absolute atomic E-state index is 0.164. The number of rotatable bonds is 6. The van der Waals surface area contributed by atoms with E-state index in [-0.39, 0.29) is 5.91 Å². The number of anilines is 1. The Balaban J connectivity index is 1.31. The third-order valence-electron chi connectivity index (χ3n) is 5.16. The second-order valence-corrected chi connectivity index (χ2v) is 7.51. The standard InChI is InChI=1S/C28H21N3O2/c32-28(21-10-5-2-6-11-21)29-22-12-7-13-23(18-22)33-24-15-16-25-26(30-31-27(25)19-24)17-14-20-8-3-1-4-9-20/h1-19H,(H,29,32)(H,30,31)/b17-14+. The number of H-pyrrole nitrogens is 1. The van der Waals surface area contributed by atoms with Crippen molar-refractivity contribution in [3.05, 3.63) is 120 Å². The lowest BCUT2D eigenvalue weighted by Gasteiger charge is -2.09. The maximum atomic E-state index is 12.4. The number of aromatic amines is 1. The van der Waals surface area contributed by atoms with Gasteiger partial charge in [0.1, 0.15) is 11.5 Å². The van der Waals surface area contributed by atoms with Gasteiger partial charge >= 0.3 is 0 Å². The maximum absolute atomic E-state index is 12.4. The molecule has 0 fully saturated rings. The molecule has 0 spiro atoms. The lowest BCUT2D eigenvalue weighted by atomic mass is 10.1. The maximum Gasteiger partial charge on any atom is 0.255 e. The van der Waals surface area contributed by atoms with E-state index in [0.29, 0.717) is 22.7 Å². The zero-order valence-electron chi connectivity index (χ0n) is 17.7. The second kappa shape index (κ2) is 9.24. The predicted octanol–water partition coefficient (Wildman–Crippen LogP) is 6.78. The average Bonchev–Trinajstić information content (AvgIpc) is 3.26. The molecular weight excluding hydrogens is 410 g/mol. The van der Waals surface area contributed by atoms with Gasteiger partial charge < -0.3 is 10.1 Å². The van der Waals surface area contributed by atoms with E-state index in [0.717, 1.165) is 22.2 Å². The highest BCUT2D eigenvalue weighted by Crippen LogP contribution is 2.28. The number of nitrogens with one attached hydrogen (secondary N) is 2. The highest BCUT2D eigenvalue weighted by atomic mass is 16.5. The van der Waals surface area contributed by atoms with E-state index in [2.05, 4.69) is 15.5 Å². The third-order valence-corrected chi connectivity index (χ3v) is 5.16. The summed E-state index contributed by atoms with van der Waals surface area (Å²) in [6.45, 7) is 0. The molecule has 5 rings (SSSR count). The quantitative estimate of drug-likeness (QED) is 0.311. The van der Waals surface area contributed by atoms with E-state index in [9.17, 15) is 4.79 Å². The molecule has 4 aromatic carbocycles. The molecule has 0 saturated heterocycles. The fourth-order valence-corrected chi connectivity index (χ4v) is 3.52. The van der Waals surface area contributed by atoms with Gasteiger partial charge in [-0.1, -0.05) is 60.7 Å². The number of hydrogen-bond acceptors (Lipinski definition) is 3. The van der Waals surface area contributed by atoms with Crippen molar-refractivity contribution in [2.45, 2.75) is 0 Å². The van der Waals surface area contributed by atoms with Crippen molar-refractivity contribution in [2.75, 3.05) is 5.32 Å². The summed E-state index contributed by atoms with van der Waals surface area (Å²) in [5, 5.41) is 11.4. The van der Waals surface area contributed by atoms with Crippen LogP contribution in [-0.4, -0.2) is 16.1 Å². The van der Waals surface area contributed by atoms with E-state index in [1.807, 2.05) is 97.1 Å². The molecule has 1 aromatic heterocycles. The zero-order valence-corrected chi connectivity index (χ0v) is 17.7. The molecule has 0 aliphatic rings. The monoisotopic (exact) mass is 431 g/mol. The Bertz CT molecular complexity index is 1420. The molecule has 5 aromatic rings. The summed E-state index contributed by atoms with van der Waals surface area (Å²) in [7, 11) is 0. The van der Waals surface area contributed by atoms with Gasteiger partial charge in [0.15, 0.2) is 0 Å². The molecule has 160 valence electrons. The highest BCUT2D eigenvalue weighted by molar-refractivity contribution is 6.04. The highest BCUT2D eigenvalue weighted by Gasteiger charge is 2.08. The molecule has 1 amide bonds. The van der Waals surface area contributed by atoms with Crippen molar-refractivity contribution < 1.29 is 9.53 Å². The van der Waals surface area contributed by atoms with E-state index in [1.165, 1.54) is 0 Å². The molecule has 5 nitrogen and oxygen atoms in total. The Hall–Kier alpha value is -4.64. The zero-order chi connectivity index (χ0) is 22.5. The number of nitrogens with zero attached hydrogens (tertiary/aromatic N) is 1. The van der Waals surface area contributed by atoms with Crippen LogP contribution in [0.1, 0.15) is 21.6 Å². The predicted molar refractivity (Wildman–Crippen MR) is 132 cm³/mol. The van der Waals surface area contributed by atoms with Crippen LogP contribution in [0.15, 0.2) is 103 Å². The molecule has 0 atom stereocenters. The van der Waals surface area contributed by atoms with Gasteiger partial charge in [-0.05, 0) is 48.0 Å². The summed E-state index contributed by atoms with van der Waals surface area (Å²) in [5.41, 5.74) is 4.13. The fourth-order valence-electron chi connectivity index (χ4n) is 3.52. The van der Waals surface area contributed by atoms with Crippen molar-refractivity contribution in [1.82, 2.24) is 10.2 Å². The number of hydrogen-bond donors (Lipinski definition) is 2. The number of amides is 1. The summed E-state index contributed by atoms with van der Waals surface area (Å²) in [4.78, 5) is 12.4. The van der Waals surface area contributed by atoms with Gasteiger partial charge in [0.25, 0.3) is 5.91 Å². The Morgan fingerprint density at radius 3 is 2.36 bits per heavy atom. The van der Waals surface area contributed by atoms with E-state index < -0.39 is 0 Å². The molecule has 0 aliphatic carbocycles. The molecule has 0 bridgehead atoms. The molecule has 0 unspecified atom stereocenters. The van der Waals surface area contributed by atoms with Gasteiger partial charge in [-0.2, -0.15) is 5.10 Å². The Morgan fingerprint density at radius 2 is 1.55 bits per heavy atom. The Kier molecular flexibility index (Phi) is 5.68. The van der Waals surface area contributed by atoms with Gasteiger partial charge in [0.2, 0.25) is 0 Å². The number of benzene rings is 4. The molecule has 0 saturated carbocycles. The van der Waals surface area contributed by atoms with E-state index >= 15 is 0 Å². The summed E-state index contributed by atoms with van der Waals surface area (Å²) in [5.74, 6) is 1.14. The lowest BCUT2D eigenvalue weighted by molar-refractivity contribution is 0.102. The van der Waals surface area contributed by atoms with Crippen molar-refractivity contribution in [1.29, 1.82) is 0 Å². The molecule has 1 heterocycles.